The summed E-state index contributed by atoms with van der Waals surface area (Å²) in [5.74, 6) is -0.371. The SMILES string of the molecule is CC(Oc1ccccc1F)C(=O)N1CCC(N2CCNCC2)C1. The first kappa shape index (κ1) is 16.2. The lowest BCUT2D eigenvalue weighted by molar-refractivity contribution is -0.137. The predicted molar refractivity (Wildman–Crippen MR) is 85.9 cm³/mol. The molecule has 1 aromatic carbocycles. The zero-order chi connectivity index (χ0) is 16.2. The molecule has 2 unspecified atom stereocenters. The summed E-state index contributed by atoms with van der Waals surface area (Å²) >= 11 is 0. The molecule has 3 rings (SSSR count). The van der Waals surface area contributed by atoms with Crippen LogP contribution in [0.3, 0.4) is 0 Å². The van der Waals surface area contributed by atoms with E-state index in [2.05, 4.69) is 10.2 Å². The molecule has 1 amide bonds. The van der Waals surface area contributed by atoms with Gasteiger partial charge in [0.2, 0.25) is 0 Å². The number of likely N-dealkylation sites (tertiary alicyclic amines) is 1. The number of para-hydroxylation sites is 1. The van der Waals surface area contributed by atoms with E-state index in [1.165, 1.54) is 6.07 Å². The minimum Gasteiger partial charge on any atom is -0.478 e. The van der Waals surface area contributed by atoms with Crippen molar-refractivity contribution >= 4 is 5.91 Å². The Hall–Kier alpha value is -1.66. The van der Waals surface area contributed by atoms with Crippen LogP contribution >= 0.6 is 0 Å². The van der Waals surface area contributed by atoms with Gasteiger partial charge in [0.25, 0.3) is 5.91 Å². The molecule has 2 fully saturated rings. The number of halogens is 1. The van der Waals surface area contributed by atoms with Gasteiger partial charge >= 0.3 is 0 Å². The minimum absolute atomic E-state index is 0.0640. The van der Waals surface area contributed by atoms with Crippen LogP contribution in [-0.4, -0.2) is 67.1 Å². The maximum absolute atomic E-state index is 13.6. The quantitative estimate of drug-likeness (QED) is 0.902. The van der Waals surface area contributed by atoms with Crippen LogP contribution in [0, 0.1) is 5.82 Å². The number of amides is 1. The maximum Gasteiger partial charge on any atom is 0.263 e. The van der Waals surface area contributed by atoms with Crippen LogP contribution < -0.4 is 10.1 Å². The van der Waals surface area contributed by atoms with Crippen molar-refractivity contribution in [2.24, 2.45) is 0 Å². The molecule has 2 saturated heterocycles. The molecule has 1 N–H and O–H groups in total. The lowest BCUT2D eigenvalue weighted by Gasteiger charge is -2.32. The normalized spacial score (nSPS) is 23.7. The summed E-state index contributed by atoms with van der Waals surface area (Å²) in [5, 5.41) is 3.35. The fourth-order valence-corrected chi connectivity index (χ4v) is 3.33. The number of carbonyl (C=O) groups excluding carboxylic acids is 1. The highest BCUT2D eigenvalue weighted by Gasteiger charge is 2.33. The van der Waals surface area contributed by atoms with E-state index < -0.39 is 11.9 Å². The number of piperazine rings is 1. The summed E-state index contributed by atoms with van der Waals surface area (Å²) in [6, 6.07) is 6.62. The van der Waals surface area contributed by atoms with Gasteiger partial charge in [-0.15, -0.1) is 0 Å². The van der Waals surface area contributed by atoms with Crippen LogP contribution in [0.1, 0.15) is 13.3 Å². The lowest BCUT2D eigenvalue weighted by Crippen LogP contribution is -2.50. The molecule has 0 saturated carbocycles. The maximum atomic E-state index is 13.6. The van der Waals surface area contributed by atoms with Gasteiger partial charge in [-0.2, -0.15) is 0 Å². The molecule has 0 radical (unpaired) electrons. The van der Waals surface area contributed by atoms with Crippen molar-refractivity contribution in [1.82, 2.24) is 15.1 Å². The van der Waals surface area contributed by atoms with E-state index in [1.54, 1.807) is 25.1 Å². The van der Waals surface area contributed by atoms with Gasteiger partial charge in [-0.3, -0.25) is 9.69 Å². The van der Waals surface area contributed by atoms with Crippen LogP contribution in [0.15, 0.2) is 24.3 Å². The Balaban J connectivity index is 1.55. The van der Waals surface area contributed by atoms with Gasteiger partial charge in [0.15, 0.2) is 17.7 Å². The summed E-state index contributed by atoms with van der Waals surface area (Å²) < 4.78 is 19.1. The second-order valence-corrected chi connectivity index (χ2v) is 6.20. The first-order valence-electron chi connectivity index (χ1n) is 8.30. The monoisotopic (exact) mass is 321 g/mol. The second-order valence-electron chi connectivity index (χ2n) is 6.20. The molecular weight excluding hydrogens is 297 g/mol. The third-order valence-corrected chi connectivity index (χ3v) is 4.63. The number of rotatable bonds is 4. The molecule has 0 spiro atoms. The highest BCUT2D eigenvalue weighted by atomic mass is 19.1. The topological polar surface area (TPSA) is 44.8 Å². The summed E-state index contributed by atoms with van der Waals surface area (Å²) in [5.41, 5.74) is 0. The smallest absolute Gasteiger partial charge is 0.263 e. The Morgan fingerprint density at radius 2 is 2.04 bits per heavy atom. The molecule has 0 aliphatic carbocycles. The van der Waals surface area contributed by atoms with Gasteiger partial charge in [-0.05, 0) is 25.5 Å². The molecule has 2 aliphatic rings. The van der Waals surface area contributed by atoms with Crippen molar-refractivity contribution in [3.05, 3.63) is 30.1 Å². The van der Waals surface area contributed by atoms with Crippen molar-refractivity contribution in [2.45, 2.75) is 25.5 Å². The Morgan fingerprint density at radius 3 is 2.78 bits per heavy atom. The van der Waals surface area contributed by atoms with Crippen LogP contribution in [-0.2, 0) is 4.79 Å². The number of benzene rings is 1. The average Bonchev–Trinajstić information content (AvgIpc) is 3.07. The van der Waals surface area contributed by atoms with Crippen LogP contribution in [0.25, 0.3) is 0 Å². The van der Waals surface area contributed by atoms with E-state index >= 15 is 0 Å². The van der Waals surface area contributed by atoms with E-state index in [0.717, 1.165) is 45.7 Å². The summed E-state index contributed by atoms with van der Waals surface area (Å²) in [7, 11) is 0. The van der Waals surface area contributed by atoms with Gasteiger partial charge < -0.3 is 15.0 Å². The minimum atomic E-state index is -0.673. The standard InChI is InChI=1S/C17H24FN3O2/c1-13(23-16-5-3-2-4-15(16)18)17(22)21-9-6-14(12-21)20-10-7-19-8-11-20/h2-5,13-14,19H,6-12H2,1H3. The Kier molecular flexibility index (Phi) is 5.13. The van der Waals surface area contributed by atoms with Crippen molar-refractivity contribution in [3.8, 4) is 5.75 Å². The van der Waals surface area contributed by atoms with Gasteiger partial charge in [0.05, 0.1) is 0 Å². The van der Waals surface area contributed by atoms with Crippen molar-refractivity contribution in [2.75, 3.05) is 39.3 Å². The van der Waals surface area contributed by atoms with E-state index in [4.69, 9.17) is 4.74 Å². The zero-order valence-corrected chi connectivity index (χ0v) is 13.5. The van der Waals surface area contributed by atoms with Gasteiger partial charge in [0.1, 0.15) is 0 Å². The fraction of sp³-hybridized carbons (Fsp3) is 0.588. The van der Waals surface area contributed by atoms with E-state index in [-0.39, 0.29) is 11.7 Å². The number of nitrogens with one attached hydrogen (secondary N) is 1. The van der Waals surface area contributed by atoms with Crippen molar-refractivity contribution in [1.29, 1.82) is 0 Å². The van der Waals surface area contributed by atoms with Gasteiger partial charge in [0, 0.05) is 45.3 Å². The van der Waals surface area contributed by atoms with Crippen LogP contribution in [0.5, 0.6) is 5.75 Å². The molecule has 0 bridgehead atoms. The van der Waals surface area contributed by atoms with E-state index in [0.29, 0.717) is 6.04 Å². The first-order chi connectivity index (χ1) is 11.1. The molecule has 1 aromatic rings. The summed E-state index contributed by atoms with van der Waals surface area (Å²) in [6.07, 6.45) is 0.326. The fourth-order valence-electron chi connectivity index (χ4n) is 3.33. The first-order valence-corrected chi connectivity index (χ1v) is 8.30. The summed E-state index contributed by atoms with van der Waals surface area (Å²) in [6.45, 7) is 7.27. The van der Waals surface area contributed by atoms with Crippen molar-refractivity contribution < 1.29 is 13.9 Å². The Morgan fingerprint density at radius 1 is 1.30 bits per heavy atom. The molecule has 126 valence electrons. The second kappa shape index (κ2) is 7.27. The van der Waals surface area contributed by atoms with Crippen molar-refractivity contribution in [3.63, 3.8) is 0 Å². The third kappa shape index (κ3) is 3.82. The predicted octanol–water partition coefficient (Wildman–Crippen LogP) is 1.10. The highest BCUT2D eigenvalue weighted by Crippen LogP contribution is 2.20. The molecule has 2 aliphatic heterocycles. The molecule has 23 heavy (non-hydrogen) atoms. The number of nitrogens with zero attached hydrogens (tertiary/aromatic N) is 2. The zero-order valence-electron chi connectivity index (χ0n) is 13.5. The average molecular weight is 321 g/mol. The number of ether oxygens (including phenoxy) is 1. The molecule has 2 heterocycles. The van der Waals surface area contributed by atoms with Gasteiger partial charge in [-0.25, -0.2) is 4.39 Å². The third-order valence-electron chi connectivity index (χ3n) is 4.63. The van der Waals surface area contributed by atoms with E-state index in [9.17, 15) is 9.18 Å². The number of hydrogen-bond donors (Lipinski definition) is 1. The Bertz CT molecular complexity index is 548. The van der Waals surface area contributed by atoms with Gasteiger partial charge in [-0.1, -0.05) is 12.1 Å². The van der Waals surface area contributed by atoms with Crippen LogP contribution in [0.4, 0.5) is 4.39 Å². The molecule has 6 heteroatoms. The molecular formula is C17H24FN3O2. The Labute approximate surface area is 136 Å². The lowest BCUT2D eigenvalue weighted by atomic mass is 10.2. The molecule has 5 nitrogen and oxygen atoms in total. The molecule has 2 atom stereocenters. The summed E-state index contributed by atoms with van der Waals surface area (Å²) in [4.78, 5) is 16.8. The van der Waals surface area contributed by atoms with E-state index in [1.807, 2.05) is 4.90 Å². The van der Waals surface area contributed by atoms with Crippen LogP contribution in [0.2, 0.25) is 0 Å². The number of hydrogen-bond acceptors (Lipinski definition) is 4. The molecule has 0 aromatic heterocycles. The largest absolute Gasteiger partial charge is 0.478 e. The number of carbonyl (C=O) groups is 1. The highest BCUT2D eigenvalue weighted by molar-refractivity contribution is 5.81.